The van der Waals surface area contributed by atoms with Gasteiger partial charge in [0.2, 0.25) is 0 Å². The Bertz CT molecular complexity index is 1070. The molecule has 0 bridgehead atoms. The minimum atomic E-state index is -1.11. The average molecular weight is 436 g/mol. The molecule has 0 amide bonds. The van der Waals surface area contributed by atoms with E-state index in [0.717, 1.165) is 37.2 Å². The monoisotopic (exact) mass is 435 g/mol. The van der Waals surface area contributed by atoms with Crippen molar-refractivity contribution in [1.82, 2.24) is 24.5 Å². The number of benzene rings is 1. The zero-order valence-corrected chi connectivity index (χ0v) is 18.2. The van der Waals surface area contributed by atoms with Gasteiger partial charge in [0, 0.05) is 30.2 Å². The highest BCUT2D eigenvalue weighted by Gasteiger charge is 2.35. The lowest BCUT2D eigenvalue weighted by molar-refractivity contribution is 0.0823. The lowest BCUT2D eigenvalue weighted by Crippen LogP contribution is -2.31. The summed E-state index contributed by atoms with van der Waals surface area (Å²) in [5.74, 6) is -0.613. The third-order valence-corrected chi connectivity index (χ3v) is 5.88. The second kappa shape index (κ2) is 7.65. The van der Waals surface area contributed by atoms with Crippen molar-refractivity contribution in [3.63, 3.8) is 0 Å². The van der Waals surface area contributed by atoms with Crippen LogP contribution in [0.1, 0.15) is 56.0 Å². The van der Waals surface area contributed by atoms with Gasteiger partial charge in [-0.25, -0.2) is 8.78 Å². The van der Waals surface area contributed by atoms with E-state index in [1.165, 1.54) is 11.3 Å². The second-order valence-electron chi connectivity index (χ2n) is 8.12. The van der Waals surface area contributed by atoms with Gasteiger partial charge in [-0.2, -0.15) is 5.10 Å². The van der Waals surface area contributed by atoms with Crippen molar-refractivity contribution in [2.75, 3.05) is 0 Å². The molecule has 0 aliphatic heterocycles. The minimum Gasteiger partial charge on any atom is -0.474 e. The van der Waals surface area contributed by atoms with E-state index in [2.05, 4.69) is 15.3 Å². The van der Waals surface area contributed by atoms with Crippen molar-refractivity contribution in [3.8, 4) is 5.75 Å². The Labute approximate surface area is 178 Å². The van der Waals surface area contributed by atoms with Gasteiger partial charge in [-0.1, -0.05) is 11.6 Å². The van der Waals surface area contributed by atoms with Crippen LogP contribution in [-0.2, 0) is 32.0 Å². The van der Waals surface area contributed by atoms with E-state index in [9.17, 15) is 8.78 Å². The van der Waals surface area contributed by atoms with E-state index < -0.39 is 23.0 Å². The first-order valence-electron chi connectivity index (χ1n) is 9.98. The van der Waals surface area contributed by atoms with Crippen molar-refractivity contribution in [2.45, 2.75) is 58.1 Å². The number of halogens is 3. The molecule has 2 heterocycles. The van der Waals surface area contributed by atoms with Crippen molar-refractivity contribution < 1.29 is 13.5 Å². The number of rotatable bonds is 5. The molecule has 1 aliphatic carbocycles. The summed E-state index contributed by atoms with van der Waals surface area (Å²) in [5, 5.41) is 13.1. The maximum absolute atomic E-state index is 14.3. The average Bonchev–Trinajstić information content (AvgIpc) is 3.28. The summed E-state index contributed by atoms with van der Waals surface area (Å²) in [6.07, 6.45) is 4.60. The molecule has 9 heteroatoms. The molecule has 1 aliphatic rings. The van der Waals surface area contributed by atoms with Crippen molar-refractivity contribution in [3.05, 3.63) is 57.9 Å². The summed E-state index contributed by atoms with van der Waals surface area (Å²) in [6, 6.07) is 2.05. The summed E-state index contributed by atoms with van der Waals surface area (Å²) >= 11 is 5.72. The van der Waals surface area contributed by atoms with Gasteiger partial charge < -0.3 is 9.30 Å². The van der Waals surface area contributed by atoms with E-state index in [4.69, 9.17) is 16.3 Å². The van der Waals surface area contributed by atoms with Crippen molar-refractivity contribution in [1.29, 1.82) is 0 Å². The Morgan fingerprint density at radius 2 is 1.93 bits per heavy atom. The first-order chi connectivity index (χ1) is 14.2. The summed E-state index contributed by atoms with van der Waals surface area (Å²) < 4.78 is 38.2. The molecule has 1 unspecified atom stereocenters. The molecular formula is C21H24ClF2N5O. The lowest BCUT2D eigenvalue weighted by atomic mass is 9.87. The van der Waals surface area contributed by atoms with Crippen LogP contribution in [0.15, 0.2) is 18.3 Å². The summed E-state index contributed by atoms with van der Waals surface area (Å²) in [5.41, 5.74) is 1.37. The maximum Gasteiger partial charge on any atom is 0.192 e. The summed E-state index contributed by atoms with van der Waals surface area (Å²) in [4.78, 5) is 0. The number of hydrogen-bond donors (Lipinski definition) is 0. The molecule has 30 heavy (non-hydrogen) atoms. The highest BCUT2D eigenvalue weighted by molar-refractivity contribution is 6.30. The summed E-state index contributed by atoms with van der Waals surface area (Å²) in [7, 11) is 1.96. The van der Waals surface area contributed by atoms with E-state index in [-0.39, 0.29) is 10.9 Å². The van der Waals surface area contributed by atoms with Crippen LogP contribution in [0.4, 0.5) is 8.78 Å². The Hall–Kier alpha value is -2.48. The number of fused-ring (bicyclic) bond motifs is 1. The molecule has 6 nitrogen and oxygen atoms in total. The molecule has 4 rings (SSSR count). The highest BCUT2D eigenvalue weighted by atomic mass is 35.5. The van der Waals surface area contributed by atoms with Gasteiger partial charge in [-0.3, -0.25) is 4.68 Å². The van der Waals surface area contributed by atoms with Gasteiger partial charge in [0.1, 0.15) is 5.82 Å². The third-order valence-electron chi connectivity index (χ3n) is 5.66. The first-order valence-corrected chi connectivity index (χ1v) is 10.4. The van der Waals surface area contributed by atoms with Gasteiger partial charge in [-0.15, -0.1) is 10.2 Å². The fourth-order valence-corrected chi connectivity index (χ4v) is 4.39. The number of hydrogen-bond acceptors (Lipinski definition) is 4. The fraction of sp³-hybridized carbons (Fsp3) is 0.476. The van der Waals surface area contributed by atoms with Crippen LogP contribution in [0.5, 0.6) is 5.75 Å². The Kier molecular flexibility index (Phi) is 5.30. The molecule has 1 aromatic carbocycles. The third kappa shape index (κ3) is 3.57. The van der Waals surface area contributed by atoms with E-state index in [1.807, 2.05) is 29.4 Å². The normalized spacial score (nSPS) is 16.6. The zero-order chi connectivity index (χ0) is 21.6. The van der Waals surface area contributed by atoms with Gasteiger partial charge in [0.15, 0.2) is 28.8 Å². The Morgan fingerprint density at radius 3 is 2.60 bits per heavy atom. The molecule has 0 fully saturated rings. The number of aromatic nitrogens is 5. The molecule has 0 spiro atoms. The number of ether oxygens (including phenoxy) is 1. The van der Waals surface area contributed by atoms with Crippen LogP contribution >= 0.6 is 11.6 Å². The van der Waals surface area contributed by atoms with Gasteiger partial charge >= 0.3 is 0 Å². The Balaban J connectivity index is 1.65. The first kappa shape index (κ1) is 20.8. The second-order valence-corrected chi connectivity index (χ2v) is 8.55. The molecular weight excluding hydrogens is 412 g/mol. The maximum atomic E-state index is 14.3. The molecule has 2 aromatic heterocycles. The van der Waals surface area contributed by atoms with Gasteiger partial charge in [-0.05, 0) is 57.7 Å². The molecule has 3 aromatic rings. The minimum absolute atomic E-state index is 0.0266. The van der Waals surface area contributed by atoms with Crippen molar-refractivity contribution in [2.24, 2.45) is 7.05 Å². The van der Waals surface area contributed by atoms with Crippen LogP contribution in [0, 0.1) is 11.6 Å². The summed E-state index contributed by atoms with van der Waals surface area (Å²) in [6.45, 7) is 6.06. The standard InChI is InChI=1S/C21H24ClF2N5O/c1-5-29-19(12-6-7-17-13(8-12)11-25-28(17)4)26-27-20(29)21(2,3)30-18-15(23)9-14(22)10-16(18)24/h9-12H,5-8H2,1-4H3. The van der Waals surface area contributed by atoms with E-state index in [1.54, 1.807) is 13.8 Å². The van der Waals surface area contributed by atoms with Crippen LogP contribution < -0.4 is 4.74 Å². The molecule has 1 atom stereocenters. The topological polar surface area (TPSA) is 57.8 Å². The lowest BCUT2D eigenvalue weighted by Gasteiger charge is -2.28. The molecule has 0 saturated carbocycles. The van der Waals surface area contributed by atoms with Crippen LogP contribution in [0.3, 0.4) is 0 Å². The largest absolute Gasteiger partial charge is 0.474 e. The van der Waals surface area contributed by atoms with Gasteiger partial charge in [0.25, 0.3) is 0 Å². The molecule has 0 saturated heterocycles. The molecule has 0 radical (unpaired) electrons. The SMILES string of the molecule is CCn1c(C2CCc3c(cnn3C)C2)nnc1C(C)(C)Oc1c(F)cc(Cl)cc1F. The van der Waals surface area contributed by atoms with Crippen molar-refractivity contribution >= 4 is 11.6 Å². The number of aryl methyl sites for hydroxylation is 1. The predicted octanol–water partition coefficient (Wildman–Crippen LogP) is 4.55. The quantitative estimate of drug-likeness (QED) is 0.590. The molecule has 0 N–H and O–H groups in total. The zero-order valence-electron chi connectivity index (χ0n) is 17.4. The van der Waals surface area contributed by atoms with Crippen LogP contribution in [-0.4, -0.2) is 24.5 Å². The highest BCUT2D eigenvalue weighted by Crippen LogP contribution is 2.36. The Morgan fingerprint density at radius 1 is 1.23 bits per heavy atom. The van der Waals surface area contributed by atoms with Crippen LogP contribution in [0.25, 0.3) is 0 Å². The predicted molar refractivity (Wildman–Crippen MR) is 109 cm³/mol. The fourth-order valence-electron chi connectivity index (χ4n) is 4.20. The van der Waals surface area contributed by atoms with Crippen LogP contribution in [0.2, 0.25) is 5.02 Å². The van der Waals surface area contributed by atoms with E-state index in [0.29, 0.717) is 12.4 Å². The molecule has 160 valence electrons. The van der Waals surface area contributed by atoms with E-state index >= 15 is 0 Å². The smallest absolute Gasteiger partial charge is 0.192 e. The van der Waals surface area contributed by atoms with Gasteiger partial charge in [0.05, 0.1) is 6.20 Å². The number of nitrogens with zero attached hydrogens (tertiary/aromatic N) is 5.